The number of hydrogen-bond donors (Lipinski definition) is 3. The fourth-order valence-corrected chi connectivity index (χ4v) is 7.72. The molecule has 7 atom stereocenters. The molecule has 0 bridgehead atoms. The molecule has 5 rings (SSSR count). The van der Waals surface area contributed by atoms with Gasteiger partial charge in [-0.2, -0.15) is 5.26 Å². The molecule has 42 heavy (non-hydrogen) atoms. The van der Waals surface area contributed by atoms with Gasteiger partial charge in [0.05, 0.1) is 12.1 Å². The molecule has 5 fully saturated rings. The fourth-order valence-electron chi connectivity index (χ4n) is 7.72. The second-order valence-corrected chi connectivity index (χ2v) is 15.0. The van der Waals surface area contributed by atoms with E-state index in [1.165, 1.54) is 11.9 Å². The lowest BCUT2D eigenvalue weighted by Crippen LogP contribution is -2.62. The average molecular weight is 591 g/mol. The molecule has 5 amide bonds. The van der Waals surface area contributed by atoms with Gasteiger partial charge in [0.1, 0.15) is 18.1 Å². The molecule has 0 aromatic rings. The zero-order chi connectivity index (χ0) is 31.0. The summed E-state index contributed by atoms with van der Waals surface area (Å²) in [4.78, 5) is 56.0. The number of halogens is 2. The second kappa shape index (κ2) is 10.1. The summed E-state index contributed by atoms with van der Waals surface area (Å²) in [6.07, 6.45) is 2.93. The first-order valence-corrected chi connectivity index (χ1v) is 15.2. The number of likely N-dealkylation sites (tertiary alicyclic amines) is 1. The van der Waals surface area contributed by atoms with Gasteiger partial charge >= 0.3 is 6.03 Å². The van der Waals surface area contributed by atoms with Crippen LogP contribution in [-0.4, -0.2) is 82.8 Å². The number of nitrogens with one attached hydrogen (secondary N) is 3. The van der Waals surface area contributed by atoms with Crippen molar-refractivity contribution in [1.29, 1.82) is 5.26 Å². The Balaban J connectivity index is 1.30. The van der Waals surface area contributed by atoms with Gasteiger partial charge in [-0.15, -0.1) is 0 Å². The Labute approximate surface area is 246 Å². The molecule has 2 saturated heterocycles. The highest BCUT2D eigenvalue weighted by atomic mass is 19.3. The summed E-state index contributed by atoms with van der Waals surface area (Å²) < 4.78 is 28.8. The van der Waals surface area contributed by atoms with Crippen LogP contribution in [0.2, 0.25) is 0 Å². The molecular formula is C30H44F2N6O4. The van der Waals surface area contributed by atoms with Crippen molar-refractivity contribution < 1.29 is 28.0 Å². The molecule has 12 heteroatoms. The minimum absolute atomic E-state index is 0.0734. The van der Waals surface area contributed by atoms with Crippen molar-refractivity contribution >= 4 is 23.8 Å². The highest BCUT2D eigenvalue weighted by molar-refractivity contribution is 5.94. The van der Waals surface area contributed by atoms with Crippen molar-refractivity contribution in [2.75, 3.05) is 13.6 Å². The van der Waals surface area contributed by atoms with Gasteiger partial charge < -0.3 is 25.8 Å². The lowest BCUT2D eigenvalue weighted by atomic mass is 9.85. The van der Waals surface area contributed by atoms with Crippen LogP contribution in [0.5, 0.6) is 0 Å². The summed E-state index contributed by atoms with van der Waals surface area (Å²) in [6, 6.07) is -2.68. The van der Waals surface area contributed by atoms with Crippen LogP contribution in [0, 0.1) is 39.9 Å². The van der Waals surface area contributed by atoms with E-state index in [9.17, 15) is 33.2 Å². The number of hydrogen-bond acceptors (Lipinski definition) is 5. The molecule has 0 aromatic heterocycles. The Hall–Kier alpha value is -2.97. The van der Waals surface area contributed by atoms with Crippen molar-refractivity contribution in [2.45, 2.75) is 115 Å². The molecule has 2 heterocycles. The second-order valence-electron chi connectivity index (χ2n) is 15.0. The number of rotatable bonds is 7. The van der Waals surface area contributed by atoms with Crippen molar-refractivity contribution in [1.82, 2.24) is 25.8 Å². The fraction of sp³-hybridized carbons (Fsp3) is 0.833. The number of urea groups is 1. The zero-order valence-corrected chi connectivity index (χ0v) is 25.4. The number of carbonyl (C=O) groups excluding carboxylic acids is 4. The zero-order valence-electron chi connectivity index (χ0n) is 25.4. The molecule has 2 aliphatic heterocycles. The van der Waals surface area contributed by atoms with Crippen molar-refractivity contribution in [2.24, 2.45) is 28.6 Å². The van der Waals surface area contributed by atoms with Crippen LogP contribution in [0.3, 0.4) is 0 Å². The molecule has 3 aliphatic carbocycles. The normalized spacial score (nSPS) is 32.8. The minimum atomic E-state index is -2.99. The number of amides is 5. The van der Waals surface area contributed by atoms with Crippen LogP contribution in [0.25, 0.3) is 0 Å². The molecule has 0 radical (unpaired) electrons. The largest absolute Gasteiger partial charge is 0.350 e. The smallest absolute Gasteiger partial charge is 0.318 e. The van der Waals surface area contributed by atoms with Crippen LogP contribution in [0.15, 0.2) is 0 Å². The van der Waals surface area contributed by atoms with Crippen LogP contribution in [0.4, 0.5) is 13.6 Å². The first-order chi connectivity index (χ1) is 19.4. The number of fused-ring (bicyclic) bond motifs is 1. The maximum Gasteiger partial charge on any atom is 0.318 e. The molecular weight excluding hydrogens is 546 g/mol. The summed E-state index contributed by atoms with van der Waals surface area (Å²) in [5.74, 6) is -4.39. The van der Waals surface area contributed by atoms with E-state index >= 15 is 0 Å². The lowest BCUT2D eigenvalue weighted by molar-refractivity contribution is -0.144. The van der Waals surface area contributed by atoms with Crippen LogP contribution in [0.1, 0.15) is 79.6 Å². The Morgan fingerprint density at radius 1 is 1.19 bits per heavy atom. The van der Waals surface area contributed by atoms with Gasteiger partial charge in [0.25, 0.3) is 5.92 Å². The van der Waals surface area contributed by atoms with E-state index in [0.717, 1.165) is 17.7 Å². The molecule has 5 aliphatic rings. The third-order valence-electron chi connectivity index (χ3n) is 10.6. The quantitative estimate of drug-likeness (QED) is 0.419. The number of piperidine rings is 1. The topological polar surface area (TPSA) is 135 Å². The monoisotopic (exact) mass is 590 g/mol. The highest BCUT2D eigenvalue weighted by Gasteiger charge is 2.70. The maximum atomic E-state index is 14.4. The highest BCUT2D eigenvalue weighted by Crippen LogP contribution is 2.65. The van der Waals surface area contributed by atoms with Crippen LogP contribution in [-0.2, 0) is 14.4 Å². The van der Waals surface area contributed by atoms with Gasteiger partial charge in [-0.25, -0.2) is 13.6 Å². The van der Waals surface area contributed by atoms with E-state index in [1.54, 1.807) is 20.8 Å². The number of alkyl halides is 2. The molecule has 1 unspecified atom stereocenters. The standard InChI is InChI=1S/C30H44F2N6O4/c1-27(2,3)22(35-26(42)37(6)19-8-7-9-30(19,31)32)25(41)38-15-18-20(28(18,4)5)21(38)24(40)34-17(14-33)12-16-13-29(10-11-29)36-23(16)39/h16-22H,7-13,15H2,1-6H3,(H,34,40)(H,35,42)(H,36,39)/t16-,17+,18+,19?,20+,21+,22-/m1/s1. The molecule has 3 N–H and O–H groups in total. The van der Waals surface area contributed by atoms with Gasteiger partial charge in [-0.1, -0.05) is 34.6 Å². The van der Waals surface area contributed by atoms with Crippen molar-refractivity contribution in [3.8, 4) is 6.07 Å². The first kappa shape index (κ1) is 30.5. The Kier molecular flexibility index (Phi) is 7.30. The van der Waals surface area contributed by atoms with Gasteiger partial charge in [0, 0.05) is 31.5 Å². The first-order valence-electron chi connectivity index (χ1n) is 15.2. The molecule has 3 saturated carbocycles. The SMILES string of the molecule is CN(C(=O)N[C@H](C(=O)N1C[C@H]2[C@@H]([C@H]1C(=O)N[C@H](C#N)C[C@@H]1CC3(CC3)NC1=O)C2(C)C)C(C)(C)C)C1CCCC1(F)F. The summed E-state index contributed by atoms with van der Waals surface area (Å²) >= 11 is 0. The summed E-state index contributed by atoms with van der Waals surface area (Å²) in [5, 5.41) is 18.4. The number of carbonyl (C=O) groups is 4. The lowest BCUT2D eigenvalue weighted by Gasteiger charge is -2.39. The predicted octanol–water partition coefficient (Wildman–Crippen LogP) is 2.78. The maximum absolute atomic E-state index is 14.4. The molecule has 0 aromatic carbocycles. The van der Waals surface area contributed by atoms with Crippen molar-refractivity contribution in [3.05, 3.63) is 0 Å². The minimum Gasteiger partial charge on any atom is -0.350 e. The van der Waals surface area contributed by atoms with E-state index in [2.05, 4.69) is 22.0 Å². The number of nitriles is 1. The van der Waals surface area contributed by atoms with Gasteiger partial charge in [0.15, 0.2) is 0 Å². The Morgan fingerprint density at radius 3 is 2.38 bits per heavy atom. The predicted molar refractivity (Wildman–Crippen MR) is 149 cm³/mol. The Morgan fingerprint density at radius 2 is 1.86 bits per heavy atom. The molecule has 1 spiro atoms. The Bertz CT molecular complexity index is 1210. The van der Waals surface area contributed by atoms with Crippen molar-refractivity contribution in [3.63, 3.8) is 0 Å². The molecule has 10 nitrogen and oxygen atoms in total. The van der Waals surface area contributed by atoms with E-state index in [4.69, 9.17) is 0 Å². The summed E-state index contributed by atoms with van der Waals surface area (Å²) in [7, 11) is 1.32. The van der Waals surface area contributed by atoms with E-state index in [1.807, 2.05) is 13.8 Å². The van der Waals surface area contributed by atoms with Gasteiger partial charge in [-0.05, 0) is 61.2 Å². The van der Waals surface area contributed by atoms with Gasteiger partial charge in [0.2, 0.25) is 17.7 Å². The summed E-state index contributed by atoms with van der Waals surface area (Å²) in [6.45, 7) is 9.74. The third kappa shape index (κ3) is 5.32. The van der Waals surface area contributed by atoms with Crippen LogP contribution >= 0.6 is 0 Å². The molecule has 232 valence electrons. The van der Waals surface area contributed by atoms with E-state index in [-0.39, 0.29) is 53.9 Å². The summed E-state index contributed by atoms with van der Waals surface area (Å²) in [5.41, 5.74) is -1.10. The van der Waals surface area contributed by atoms with Crippen LogP contribution < -0.4 is 16.0 Å². The number of nitrogens with zero attached hydrogens (tertiary/aromatic N) is 3. The average Bonchev–Trinajstić information content (AvgIpc) is 3.50. The third-order valence-corrected chi connectivity index (χ3v) is 10.6. The van der Waals surface area contributed by atoms with E-state index in [0.29, 0.717) is 19.4 Å². The van der Waals surface area contributed by atoms with Gasteiger partial charge in [-0.3, -0.25) is 14.4 Å². The van der Waals surface area contributed by atoms with E-state index < -0.39 is 53.4 Å².